The Morgan fingerprint density at radius 3 is 2.86 bits per heavy atom. The standard InChI is InChI=1S/C5H11NO/c1-5-6-3-2-4-7-5/h5-6H,2-4H2,1H3/t5-/m0/s1. The molecule has 1 fully saturated rings. The average molecular weight is 101 g/mol. The zero-order valence-corrected chi connectivity index (χ0v) is 4.61. The van der Waals surface area contributed by atoms with Crippen LogP contribution >= 0.6 is 0 Å². The maximum Gasteiger partial charge on any atom is 0.105 e. The molecule has 0 saturated carbocycles. The zero-order chi connectivity index (χ0) is 5.11. The van der Waals surface area contributed by atoms with E-state index in [9.17, 15) is 0 Å². The Morgan fingerprint density at radius 2 is 2.57 bits per heavy atom. The van der Waals surface area contributed by atoms with Crippen LogP contribution in [0.15, 0.2) is 0 Å². The Kier molecular flexibility index (Phi) is 1.65. The predicted molar refractivity (Wildman–Crippen MR) is 28.0 cm³/mol. The Hall–Kier alpha value is -0.0800. The summed E-state index contributed by atoms with van der Waals surface area (Å²) in [6.45, 7) is 4.06. The van der Waals surface area contributed by atoms with Gasteiger partial charge in [-0.25, -0.2) is 0 Å². The number of hydrogen-bond donors (Lipinski definition) is 1. The largest absolute Gasteiger partial charge is 0.364 e. The number of ether oxygens (including phenoxy) is 1. The molecule has 0 aromatic heterocycles. The molecule has 0 aromatic rings. The molecule has 1 heterocycles. The molecule has 0 bridgehead atoms. The molecule has 1 aliphatic rings. The minimum atomic E-state index is 0.286. The minimum absolute atomic E-state index is 0.286. The van der Waals surface area contributed by atoms with Crippen molar-refractivity contribution >= 4 is 0 Å². The molecule has 0 unspecified atom stereocenters. The highest BCUT2D eigenvalue weighted by molar-refractivity contribution is 4.54. The van der Waals surface area contributed by atoms with Gasteiger partial charge in [0.25, 0.3) is 0 Å². The molecular formula is C5H11NO. The lowest BCUT2D eigenvalue weighted by atomic mass is 10.4. The molecule has 1 N–H and O–H groups in total. The van der Waals surface area contributed by atoms with Crippen molar-refractivity contribution in [3.8, 4) is 0 Å². The van der Waals surface area contributed by atoms with Crippen molar-refractivity contribution in [2.45, 2.75) is 19.6 Å². The van der Waals surface area contributed by atoms with Crippen molar-refractivity contribution in [1.29, 1.82) is 0 Å². The lowest BCUT2D eigenvalue weighted by molar-refractivity contribution is 0.0139. The first-order chi connectivity index (χ1) is 3.39. The van der Waals surface area contributed by atoms with Crippen LogP contribution in [0, 0.1) is 0 Å². The molecule has 2 heteroatoms. The van der Waals surface area contributed by atoms with Gasteiger partial charge in [0.2, 0.25) is 0 Å². The van der Waals surface area contributed by atoms with Gasteiger partial charge in [-0.2, -0.15) is 0 Å². The molecule has 1 rings (SSSR count). The third-order valence-electron chi connectivity index (χ3n) is 1.12. The highest BCUT2D eigenvalue weighted by Gasteiger charge is 2.04. The van der Waals surface area contributed by atoms with Gasteiger partial charge in [-0.1, -0.05) is 0 Å². The fraction of sp³-hybridized carbons (Fsp3) is 1.00. The van der Waals surface area contributed by atoms with Crippen LogP contribution in [0.5, 0.6) is 0 Å². The van der Waals surface area contributed by atoms with Crippen molar-refractivity contribution < 1.29 is 4.74 Å². The summed E-state index contributed by atoms with van der Waals surface area (Å²) >= 11 is 0. The molecular weight excluding hydrogens is 90.1 g/mol. The van der Waals surface area contributed by atoms with E-state index in [2.05, 4.69) is 5.32 Å². The summed E-state index contributed by atoms with van der Waals surface area (Å²) in [6.07, 6.45) is 1.44. The van der Waals surface area contributed by atoms with E-state index in [0.29, 0.717) is 0 Å². The van der Waals surface area contributed by atoms with Crippen molar-refractivity contribution in [1.82, 2.24) is 5.32 Å². The highest BCUT2D eigenvalue weighted by atomic mass is 16.5. The van der Waals surface area contributed by atoms with Crippen LogP contribution in [-0.2, 0) is 4.74 Å². The number of hydrogen-bond acceptors (Lipinski definition) is 2. The first-order valence-electron chi connectivity index (χ1n) is 2.74. The van der Waals surface area contributed by atoms with E-state index in [-0.39, 0.29) is 6.23 Å². The Bertz CT molecular complexity index is 50.0. The van der Waals surface area contributed by atoms with Crippen molar-refractivity contribution in [2.75, 3.05) is 13.2 Å². The maximum atomic E-state index is 5.17. The lowest BCUT2D eigenvalue weighted by Gasteiger charge is -2.19. The third-order valence-corrected chi connectivity index (χ3v) is 1.12. The van der Waals surface area contributed by atoms with Gasteiger partial charge in [0.15, 0.2) is 0 Å². The zero-order valence-electron chi connectivity index (χ0n) is 4.61. The topological polar surface area (TPSA) is 21.3 Å². The maximum absolute atomic E-state index is 5.17. The molecule has 0 amide bonds. The van der Waals surface area contributed by atoms with Gasteiger partial charge in [-0.15, -0.1) is 0 Å². The lowest BCUT2D eigenvalue weighted by Crippen LogP contribution is -2.35. The second kappa shape index (κ2) is 2.28. The third kappa shape index (κ3) is 1.45. The Morgan fingerprint density at radius 1 is 1.71 bits per heavy atom. The van der Waals surface area contributed by atoms with E-state index >= 15 is 0 Å². The molecule has 2 nitrogen and oxygen atoms in total. The molecule has 1 atom stereocenters. The van der Waals surface area contributed by atoms with Crippen LogP contribution in [0.2, 0.25) is 0 Å². The molecule has 1 aliphatic heterocycles. The summed E-state index contributed by atoms with van der Waals surface area (Å²) in [5, 5.41) is 3.16. The molecule has 0 aliphatic carbocycles. The second-order valence-corrected chi connectivity index (χ2v) is 1.82. The van der Waals surface area contributed by atoms with Crippen molar-refractivity contribution in [3.05, 3.63) is 0 Å². The van der Waals surface area contributed by atoms with Gasteiger partial charge in [-0.05, 0) is 19.9 Å². The number of nitrogens with one attached hydrogen (secondary N) is 1. The van der Waals surface area contributed by atoms with Crippen molar-refractivity contribution in [2.24, 2.45) is 0 Å². The van der Waals surface area contributed by atoms with Gasteiger partial charge in [0.05, 0.1) is 0 Å². The molecule has 0 radical (unpaired) electrons. The van der Waals surface area contributed by atoms with Gasteiger partial charge in [0.1, 0.15) is 6.23 Å². The van der Waals surface area contributed by atoms with Crippen LogP contribution < -0.4 is 5.32 Å². The van der Waals surface area contributed by atoms with Crippen molar-refractivity contribution in [3.63, 3.8) is 0 Å². The van der Waals surface area contributed by atoms with Crippen LogP contribution in [0.3, 0.4) is 0 Å². The molecule has 7 heavy (non-hydrogen) atoms. The highest BCUT2D eigenvalue weighted by Crippen LogP contribution is 1.93. The van der Waals surface area contributed by atoms with E-state index in [4.69, 9.17) is 4.74 Å². The average Bonchev–Trinajstić information content (AvgIpc) is 1.69. The predicted octanol–water partition coefficient (Wildman–Crippen LogP) is 0.342. The summed E-state index contributed by atoms with van der Waals surface area (Å²) < 4.78 is 5.17. The molecule has 0 aromatic carbocycles. The Labute approximate surface area is 43.9 Å². The minimum Gasteiger partial charge on any atom is -0.364 e. The second-order valence-electron chi connectivity index (χ2n) is 1.82. The summed E-state index contributed by atoms with van der Waals surface area (Å²) in [5.74, 6) is 0. The molecule has 42 valence electrons. The molecule has 0 spiro atoms. The van der Waals surface area contributed by atoms with E-state index in [1.54, 1.807) is 0 Å². The quantitative estimate of drug-likeness (QED) is 0.475. The summed E-state index contributed by atoms with van der Waals surface area (Å²) in [5.41, 5.74) is 0. The Balaban J connectivity index is 2.12. The monoisotopic (exact) mass is 101 g/mol. The fourth-order valence-electron chi connectivity index (χ4n) is 0.697. The summed E-state index contributed by atoms with van der Waals surface area (Å²) in [4.78, 5) is 0. The molecule has 1 saturated heterocycles. The van der Waals surface area contributed by atoms with E-state index in [1.165, 1.54) is 0 Å². The summed E-state index contributed by atoms with van der Waals surface area (Å²) in [7, 11) is 0. The van der Waals surface area contributed by atoms with Crippen LogP contribution in [0.4, 0.5) is 0 Å². The number of rotatable bonds is 0. The first kappa shape index (κ1) is 5.06. The smallest absolute Gasteiger partial charge is 0.105 e. The first-order valence-corrected chi connectivity index (χ1v) is 2.74. The van der Waals surface area contributed by atoms with Crippen LogP contribution in [-0.4, -0.2) is 19.4 Å². The summed E-state index contributed by atoms with van der Waals surface area (Å²) in [6, 6.07) is 0. The van der Waals surface area contributed by atoms with E-state index in [0.717, 1.165) is 19.6 Å². The van der Waals surface area contributed by atoms with Crippen LogP contribution in [0.1, 0.15) is 13.3 Å². The normalized spacial score (nSPS) is 33.0. The fourth-order valence-corrected chi connectivity index (χ4v) is 0.697. The van der Waals surface area contributed by atoms with E-state index < -0.39 is 0 Å². The van der Waals surface area contributed by atoms with Gasteiger partial charge >= 0.3 is 0 Å². The van der Waals surface area contributed by atoms with Gasteiger partial charge < -0.3 is 4.74 Å². The SMILES string of the molecule is C[C@H]1NCCCO1. The van der Waals surface area contributed by atoms with E-state index in [1.807, 2.05) is 6.92 Å². The van der Waals surface area contributed by atoms with Gasteiger partial charge in [0, 0.05) is 6.61 Å². The van der Waals surface area contributed by atoms with Gasteiger partial charge in [-0.3, -0.25) is 5.32 Å². The van der Waals surface area contributed by atoms with Crippen LogP contribution in [0.25, 0.3) is 0 Å².